The van der Waals surface area contributed by atoms with Gasteiger partial charge in [-0.1, -0.05) is 17.7 Å². The Hall–Kier alpha value is -1.15. The van der Waals surface area contributed by atoms with Gasteiger partial charge in [-0.05, 0) is 44.2 Å². The number of Topliss-reactive ketones (excluding diaryl/α,β-unsaturated/α-hetero) is 1. The van der Waals surface area contributed by atoms with Gasteiger partial charge in [-0.15, -0.1) is 0 Å². The minimum atomic E-state index is -0.787. The molecule has 0 spiro atoms. The van der Waals surface area contributed by atoms with Crippen LogP contribution in [-0.2, 0) is 0 Å². The van der Waals surface area contributed by atoms with E-state index >= 15 is 0 Å². The molecule has 80 valence electrons. The summed E-state index contributed by atoms with van der Waals surface area (Å²) in [6, 6.07) is 5.78. The van der Waals surface area contributed by atoms with Gasteiger partial charge in [-0.3, -0.25) is 4.79 Å². The maximum atomic E-state index is 11.9. The van der Waals surface area contributed by atoms with Crippen LogP contribution in [0.1, 0.15) is 34.3 Å². The third-order valence-electron chi connectivity index (χ3n) is 3.00. The van der Waals surface area contributed by atoms with E-state index in [0.717, 1.165) is 24.0 Å². The number of aryl methyl sites for hydroxylation is 2. The molecule has 15 heavy (non-hydrogen) atoms. The van der Waals surface area contributed by atoms with E-state index in [1.54, 1.807) is 0 Å². The molecule has 0 heterocycles. The molecular weight excluding hydrogens is 188 g/mol. The van der Waals surface area contributed by atoms with Crippen molar-refractivity contribution in [2.24, 2.45) is 5.92 Å². The summed E-state index contributed by atoms with van der Waals surface area (Å²) in [7, 11) is 0. The van der Waals surface area contributed by atoms with Crippen LogP contribution in [0.2, 0.25) is 0 Å². The Balaban J connectivity index is 2.27. The Labute approximate surface area is 89.9 Å². The van der Waals surface area contributed by atoms with Crippen LogP contribution < -0.4 is 0 Å². The predicted molar refractivity (Wildman–Crippen MR) is 59.0 cm³/mol. The topological polar surface area (TPSA) is 37.3 Å². The molecule has 2 heteroatoms. The molecule has 0 bridgehead atoms. The summed E-state index contributed by atoms with van der Waals surface area (Å²) in [5.41, 5.74) is 2.69. The van der Waals surface area contributed by atoms with Crippen LogP contribution in [0.4, 0.5) is 0 Å². The van der Waals surface area contributed by atoms with E-state index in [2.05, 4.69) is 0 Å². The molecule has 1 atom stereocenters. The van der Waals surface area contributed by atoms with Gasteiger partial charge in [0.1, 0.15) is 6.10 Å². The van der Waals surface area contributed by atoms with Crippen LogP contribution in [0.3, 0.4) is 0 Å². The van der Waals surface area contributed by atoms with Gasteiger partial charge in [-0.25, -0.2) is 0 Å². The summed E-state index contributed by atoms with van der Waals surface area (Å²) in [5.74, 6) is 0.0936. The fourth-order valence-corrected chi connectivity index (χ4v) is 1.79. The lowest BCUT2D eigenvalue weighted by atomic mass is 9.97. The molecule has 0 saturated heterocycles. The van der Waals surface area contributed by atoms with Crippen molar-refractivity contribution in [1.82, 2.24) is 0 Å². The van der Waals surface area contributed by atoms with E-state index in [-0.39, 0.29) is 11.7 Å². The number of rotatable bonds is 3. The number of carbonyl (C=O) groups is 1. The first-order chi connectivity index (χ1) is 7.09. The zero-order valence-electron chi connectivity index (χ0n) is 9.16. The zero-order chi connectivity index (χ0) is 11.0. The van der Waals surface area contributed by atoms with Crippen LogP contribution in [0, 0.1) is 19.8 Å². The fourth-order valence-electron chi connectivity index (χ4n) is 1.79. The highest BCUT2D eigenvalue weighted by atomic mass is 16.3. The number of benzene rings is 1. The molecule has 1 N–H and O–H groups in total. The molecule has 1 aromatic rings. The maximum Gasteiger partial charge on any atom is 0.191 e. The zero-order valence-corrected chi connectivity index (χ0v) is 9.16. The fraction of sp³-hybridized carbons (Fsp3) is 0.462. The molecule has 2 rings (SSSR count). The standard InChI is InChI=1S/C13H16O2/c1-8-3-4-9(2)11(7-8)13(15)12(14)10-5-6-10/h3-4,7,10,12,14H,5-6H2,1-2H3. The molecule has 1 unspecified atom stereocenters. The van der Waals surface area contributed by atoms with Crippen molar-refractivity contribution in [3.8, 4) is 0 Å². The summed E-state index contributed by atoms with van der Waals surface area (Å²) in [6.45, 7) is 3.87. The molecule has 0 radical (unpaired) electrons. The molecule has 0 amide bonds. The number of aliphatic hydroxyl groups is 1. The first kappa shape index (κ1) is 10.4. The molecule has 1 aliphatic rings. The largest absolute Gasteiger partial charge is 0.385 e. The van der Waals surface area contributed by atoms with E-state index in [1.807, 2.05) is 32.0 Å². The SMILES string of the molecule is Cc1ccc(C)c(C(=O)C(O)C2CC2)c1. The lowest BCUT2D eigenvalue weighted by molar-refractivity contribution is 0.0703. The highest BCUT2D eigenvalue weighted by Gasteiger charge is 2.35. The van der Waals surface area contributed by atoms with E-state index in [0.29, 0.717) is 5.56 Å². The minimum Gasteiger partial charge on any atom is -0.385 e. The number of carbonyl (C=O) groups excluding carboxylic acids is 1. The molecule has 0 aliphatic heterocycles. The Morgan fingerprint density at radius 1 is 1.40 bits per heavy atom. The van der Waals surface area contributed by atoms with Gasteiger partial charge in [-0.2, -0.15) is 0 Å². The van der Waals surface area contributed by atoms with Gasteiger partial charge >= 0.3 is 0 Å². The van der Waals surface area contributed by atoms with Crippen LogP contribution >= 0.6 is 0 Å². The third kappa shape index (κ3) is 2.10. The third-order valence-corrected chi connectivity index (χ3v) is 3.00. The summed E-state index contributed by atoms with van der Waals surface area (Å²) in [4.78, 5) is 11.9. The quantitative estimate of drug-likeness (QED) is 0.767. The second-order valence-corrected chi connectivity index (χ2v) is 4.46. The van der Waals surface area contributed by atoms with Crippen molar-refractivity contribution in [2.75, 3.05) is 0 Å². The number of aliphatic hydroxyl groups excluding tert-OH is 1. The van der Waals surface area contributed by atoms with Gasteiger partial charge in [0.05, 0.1) is 0 Å². The lowest BCUT2D eigenvalue weighted by Gasteiger charge is -2.10. The monoisotopic (exact) mass is 204 g/mol. The van der Waals surface area contributed by atoms with Gasteiger partial charge in [0.15, 0.2) is 5.78 Å². The molecule has 1 saturated carbocycles. The van der Waals surface area contributed by atoms with Crippen molar-refractivity contribution < 1.29 is 9.90 Å². The highest BCUT2D eigenvalue weighted by Crippen LogP contribution is 2.34. The Kier molecular flexibility index (Phi) is 2.61. The van der Waals surface area contributed by atoms with Crippen molar-refractivity contribution in [2.45, 2.75) is 32.8 Å². The van der Waals surface area contributed by atoms with Crippen LogP contribution in [0.25, 0.3) is 0 Å². The lowest BCUT2D eigenvalue weighted by Crippen LogP contribution is -2.23. The molecule has 1 aromatic carbocycles. The molecule has 2 nitrogen and oxygen atoms in total. The molecule has 1 fully saturated rings. The summed E-state index contributed by atoms with van der Waals surface area (Å²) >= 11 is 0. The first-order valence-corrected chi connectivity index (χ1v) is 5.39. The molecular formula is C13H16O2. The normalized spacial score (nSPS) is 17.5. The van der Waals surface area contributed by atoms with Gasteiger partial charge < -0.3 is 5.11 Å². The predicted octanol–water partition coefficient (Wildman–Crippen LogP) is 2.26. The van der Waals surface area contributed by atoms with Gasteiger partial charge in [0.2, 0.25) is 0 Å². The second kappa shape index (κ2) is 3.78. The summed E-state index contributed by atoms with van der Waals surface area (Å²) in [5, 5.41) is 9.78. The average molecular weight is 204 g/mol. The van der Waals surface area contributed by atoms with E-state index in [9.17, 15) is 9.90 Å². The van der Waals surface area contributed by atoms with E-state index in [1.165, 1.54) is 0 Å². The average Bonchev–Trinajstić information content (AvgIpc) is 3.03. The van der Waals surface area contributed by atoms with Crippen LogP contribution in [-0.4, -0.2) is 17.0 Å². The van der Waals surface area contributed by atoms with Crippen molar-refractivity contribution >= 4 is 5.78 Å². The first-order valence-electron chi connectivity index (χ1n) is 5.39. The second-order valence-electron chi connectivity index (χ2n) is 4.46. The van der Waals surface area contributed by atoms with Crippen molar-refractivity contribution in [3.05, 3.63) is 34.9 Å². The smallest absolute Gasteiger partial charge is 0.191 e. The Bertz CT molecular complexity index is 392. The van der Waals surface area contributed by atoms with E-state index < -0.39 is 6.10 Å². The van der Waals surface area contributed by atoms with Gasteiger partial charge in [0, 0.05) is 5.56 Å². The minimum absolute atomic E-state index is 0.112. The molecule has 0 aromatic heterocycles. The molecule has 1 aliphatic carbocycles. The van der Waals surface area contributed by atoms with Gasteiger partial charge in [0.25, 0.3) is 0 Å². The highest BCUT2D eigenvalue weighted by molar-refractivity contribution is 6.01. The van der Waals surface area contributed by atoms with Crippen molar-refractivity contribution in [3.63, 3.8) is 0 Å². The van der Waals surface area contributed by atoms with Crippen LogP contribution in [0.5, 0.6) is 0 Å². The maximum absolute atomic E-state index is 11.9. The van der Waals surface area contributed by atoms with Crippen LogP contribution in [0.15, 0.2) is 18.2 Å². The van der Waals surface area contributed by atoms with E-state index in [4.69, 9.17) is 0 Å². The Morgan fingerprint density at radius 3 is 2.67 bits per heavy atom. The summed E-state index contributed by atoms with van der Waals surface area (Å²) in [6.07, 6.45) is 1.18. The number of hydrogen-bond acceptors (Lipinski definition) is 2. The summed E-state index contributed by atoms with van der Waals surface area (Å²) < 4.78 is 0. The Morgan fingerprint density at radius 2 is 2.07 bits per heavy atom. The number of hydrogen-bond donors (Lipinski definition) is 1. The van der Waals surface area contributed by atoms with Crippen molar-refractivity contribution in [1.29, 1.82) is 0 Å². The number of ketones is 1.